The van der Waals surface area contributed by atoms with Gasteiger partial charge in [0.25, 0.3) is 0 Å². The van der Waals surface area contributed by atoms with Crippen LogP contribution >= 0.6 is 0 Å². The molecule has 4 aromatic rings. The van der Waals surface area contributed by atoms with Gasteiger partial charge in [-0.3, -0.25) is 14.9 Å². The first-order valence-corrected chi connectivity index (χ1v) is 13.8. The predicted octanol–water partition coefficient (Wildman–Crippen LogP) is 6.40. The topological polar surface area (TPSA) is 96.3 Å². The van der Waals surface area contributed by atoms with Crippen LogP contribution in [0.25, 0.3) is 21.9 Å². The van der Waals surface area contributed by atoms with Crippen LogP contribution in [-0.4, -0.2) is 22.8 Å². The zero-order chi connectivity index (χ0) is 25.9. The van der Waals surface area contributed by atoms with Crippen LogP contribution in [0.15, 0.2) is 65.1 Å². The minimum absolute atomic E-state index is 0.0244. The van der Waals surface area contributed by atoms with Crippen LogP contribution in [0, 0.1) is 11.8 Å². The van der Waals surface area contributed by atoms with Crippen molar-refractivity contribution in [3.63, 3.8) is 0 Å². The maximum absolute atomic E-state index is 13.1. The third kappa shape index (κ3) is 5.58. The lowest BCUT2D eigenvalue weighted by molar-refractivity contribution is -0.121. The summed E-state index contributed by atoms with van der Waals surface area (Å²) in [4.78, 5) is 29.9. The van der Waals surface area contributed by atoms with Gasteiger partial charge in [-0.15, -0.1) is 0 Å². The molecule has 0 spiro atoms. The minimum Gasteiger partial charge on any atom is -0.423 e. The molecule has 2 aliphatic carbocycles. The second-order valence-electron chi connectivity index (χ2n) is 10.8. The third-order valence-corrected chi connectivity index (χ3v) is 8.07. The highest BCUT2D eigenvalue weighted by atomic mass is 16.4. The smallest absolute Gasteiger partial charge is 0.302 e. The van der Waals surface area contributed by atoms with E-state index >= 15 is 0 Å². The van der Waals surface area contributed by atoms with E-state index in [1.165, 1.54) is 16.3 Å². The van der Waals surface area contributed by atoms with Gasteiger partial charge in [0, 0.05) is 36.2 Å². The number of carbonyl (C=O) groups excluding carboxylic acids is 2. The highest BCUT2D eigenvalue weighted by molar-refractivity contribution is 5.95. The van der Waals surface area contributed by atoms with Gasteiger partial charge < -0.3 is 15.1 Å². The molecule has 1 heterocycles. The quantitative estimate of drug-likeness (QED) is 0.267. The van der Waals surface area contributed by atoms with Gasteiger partial charge in [-0.25, -0.2) is 0 Å². The van der Waals surface area contributed by atoms with Gasteiger partial charge in [0.15, 0.2) is 5.58 Å². The van der Waals surface area contributed by atoms with E-state index in [1.807, 2.05) is 12.1 Å². The van der Waals surface area contributed by atoms with E-state index in [2.05, 4.69) is 63.4 Å². The number of benzene rings is 3. The summed E-state index contributed by atoms with van der Waals surface area (Å²) in [6, 6.07) is 20.9. The average molecular weight is 511 g/mol. The second kappa shape index (κ2) is 11.0. The van der Waals surface area contributed by atoms with Crippen LogP contribution < -0.4 is 16.0 Å². The zero-order valence-corrected chi connectivity index (χ0v) is 21.5. The summed E-state index contributed by atoms with van der Waals surface area (Å²) in [5.41, 5.74) is 3.14. The molecular weight excluding hydrogens is 476 g/mol. The van der Waals surface area contributed by atoms with Gasteiger partial charge in [0.1, 0.15) is 5.52 Å². The predicted molar refractivity (Wildman–Crippen MR) is 150 cm³/mol. The molecule has 6 rings (SSSR count). The van der Waals surface area contributed by atoms with E-state index < -0.39 is 0 Å². The van der Waals surface area contributed by atoms with Gasteiger partial charge >= 0.3 is 6.01 Å². The fourth-order valence-electron chi connectivity index (χ4n) is 5.92. The summed E-state index contributed by atoms with van der Waals surface area (Å²) in [5, 5.41) is 12.1. The number of oxazole rings is 1. The molecule has 7 nitrogen and oxygen atoms in total. The fraction of sp³-hybridized carbons (Fsp3) is 0.387. The lowest BCUT2D eigenvalue weighted by Crippen LogP contribution is -2.37. The molecule has 0 saturated heterocycles. The van der Waals surface area contributed by atoms with Crippen molar-refractivity contribution in [3.8, 4) is 0 Å². The normalized spacial score (nSPS) is 20.1. The number of aromatic nitrogens is 1. The molecule has 3 aromatic carbocycles. The molecule has 2 aliphatic rings. The highest BCUT2D eigenvalue weighted by Gasteiger charge is 2.27. The van der Waals surface area contributed by atoms with Crippen LogP contribution in [0.2, 0.25) is 0 Å². The van der Waals surface area contributed by atoms with Crippen molar-refractivity contribution < 1.29 is 14.0 Å². The van der Waals surface area contributed by atoms with E-state index in [1.54, 1.807) is 6.07 Å². The number of rotatable bonds is 7. The Hall–Kier alpha value is -3.71. The Kier molecular flexibility index (Phi) is 7.10. The van der Waals surface area contributed by atoms with E-state index in [4.69, 9.17) is 4.42 Å². The molecule has 2 amide bonds. The Morgan fingerprint density at radius 1 is 0.816 bits per heavy atom. The van der Waals surface area contributed by atoms with Gasteiger partial charge in [-0.05, 0) is 66.6 Å². The van der Waals surface area contributed by atoms with Crippen LogP contribution in [0.4, 0.5) is 11.7 Å². The molecule has 2 atom stereocenters. The molecule has 0 bridgehead atoms. The molecular formula is C31H34N4O3. The van der Waals surface area contributed by atoms with Crippen LogP contribution in [0.3, 0.4) is 0 Å². The molecule has 0 unspecified atom stereocenters. The van der Waals surface area contributed by atoms with Crippen molar-refractivity contribution in [1.82, 2.24) is 10.3 Å². The summed E-state index contributed by atoms with van der Waals surface area (Å²) in [6.07, 6.45) is 7.85. The molecule has 38 heavy (non-hydrogen) atoms. The van der Waals surface area contributed by atoms with Crippen LogP contribution in [0.1, 0.15) is 56.9 Å². The molecule has 2 saturated carbocycles. The van der Waals surface area contributed by atoms with E-state index in [-0.39, 0.29) is 29.7 Å². The summed E-state index contributed by atoms with van der Waals surface area (Å²) < 4.78 is 5.78. The number of nitrogens with one attached hydrogen (secondary N) is 3. The number of carbonyl (C=O) groups is 2. The minimum atomic E-state index is -0.0375. The molecule has 7 heteroatoms. The lowest BCUT2D eigenvalue weighted by Gasteiger charge is -2.29. The number of amides is 2. The Morgan fingerprint density at radius 2 is 1.61 bits per heavy atom. The monoisotopic (exact) mass is 510 g/mol. The lowest BCUT2D eigenvalue weighted by atomic mass is 9.85. The summed E-state index contributed by atoms with van der Waals surface area (Å²) in [5.74, 6) is 0.0188. The number of hydrogen-bond donors (Lipinski definition) is 3. The molecule has 3 N–H and O–H groups in total. The van der Waals surface area contributed by atoms with Crippen LogP contribution in [-0.2, 0) is 16.1 Å². The first kappa shape index (κ1) is 24.6. The standard InChI is InChI=1S/C31H34N4O3/c36-29(22-7-2-3-8-22)35-31-34-27-15-14-26(18-28(27)38-31)33-30(37)24-10-5-11-25(17-24)32-19-20-12-13-21-6-1-4-9-23(21)16-20/h1,4,6,9,12-16,18,22,24-25,32H,2-3,5,7-8,10-11,17,19H2,(H,33,37)(H,34,35,36)/t24-,25+/m1/s1. The Bertz CT molecular complexity index is 1460. The van der Waals surface area contributed by atoms with Crippen molar-refractivity contribution >= 4 is 45.4 Å². The third-order valence-electron chi connectivity index (χ3n) is 8.07. The summed E-state index contributed by atoms with van der Waals surface area (Å²) in [7, 11) is 0. The summed E-state index contributed by atoms with van der Waals surface area (Å²) >= 11 is 0. The Morgan fingerprint density at radius 3 is 2.47 bits per heavy atom. The molecule has 196 valence electrons. The SMILES string of the molecule is O=C(Nc1nc2ccc(NC(=O)[C@@H]3CCC[C@H](NCc4ccc5ccccc5c4)C3)cc2o1)C1CCCC1. The number of nitrogens with zero attached hydrogens (tertiary/aromatic N) is 1. The van der Waals surface area contributed by atoms with Crippen molar-refractivity contribution in [2.24, 2.45) is 11.8 Å². The largest absolute Gasteiger partial charge is 0.423 e. The highest BCUT2D eigenvalue weighted by Crippen LogP contribution is 2.29. The molecule has 1 aromatic heterocycles. The first-order chi connectivity index (χ1) is 18.6. The average Bonchev–Trinajstić information content (AvgIpc) is 3.62. The second-order valence-corrected chi connectivity index (χ2v) is 10.8. The Balaban J connectivity index is 1.04. The number of anilines is 2. The van der Waals surface area contributed by atoms with Crippen molar-refractivity contribution in [3.05, 3.63) is 66.2 Å². The van der Waals surface area contributed by atoms with E-state index in [0.717, 1.165) is 57.9 Å². The van der Waals surface area contributed by atoms with Gasteiger partial charge in [0.2, 0.25) is 11.8 Å². The number of fused-ring (bicyclic) bond motifs is 2. The van der Waals surface area contributed by atoms with E-state index in [0.29, 0.717) is 22.8 Å². The fourth-order valence-corrected chi connectivity index (χ4v) is 5.92. The van der Waals surface area contributed by atoms with Crippen molar-refractivity contribution in [1.29, 1.82) is 0 Å². The molecule has 0 radical (unpaired) electrons. The van der Waals surface area contributed by atoms with Gasteiger partial charge in [0.05, 0.1) is 0 Å². The Labute approximate surface area is 222 Å². The first-order valence-electron chi connectivity index (χ1n) is 13.8. The van der Waals surface area contributed by atoms with Gasteiger partial charge in [-0.2, -0.15) is 4.98 Å². The van der Waals surface area contributed by atoms with Crippen LogP contribution in [0.5, 0.6) is 0 Å². The molecule has 0 aliphatic heterocycles. The maximum atomic E-state index is 13.1. The van der Waals surface area contributed by atoms with Gasteiger partial charge in [-0.1, -0.05) is 55.7 Å². The maximum Gasteiger partial charge on any atom is 0.302 e. The number of hydrogen-bond acceptors (Lipinski definition) is 5. The zero-order valence-electron chi connectivity index (χ0n) is 21.5. The van der Waals surface area contributed by atoms with Crippen molar-refractivity contribution in [2.45, 2.75) is 64.0 Å². The van der Waals surface area contributed by atoms with E-state index in [9.17, 15) is 9.59 Å². The summed E-state index contributed by atoms with van der Waals surface area (Å²) in [6.45, 7) is 0.797. The molecule has 2 fully saturated rings. The van der Waals surface area contributed by atoms with Crippen molar-refractivity contribution in [2.75, 3.05) is 10.6 Å².